The van der Waals surface area contributed by atoms with Gasteiger partial charge in [0.25, 0.3) is 0 Å². The highest BCUT2D eigenvalue weighted by Crippen LogP contribution is 2.33. The summed E-state index contributed by atoms with van der Waals surface area (Å²) in [6.07, 6.45) is 1.51. The molecule has 4 rings (SSSR count). The molecule has 0 radical (unpaired) electrons. The van der Waals surface area contributed by atoms with Crippen molar-refractivity contribution < 1.29 is 9.84 Å². The Morgan fingerprint density at radius 2 is 1.85 bits per heavy atom. The molecule has 0 aliphatic heterocycles. The number of aromatic amines is 1. The number of para-hydroxylation sites is 1. The number of methoxy groups -OCH3 is 1. The zero-order chi connectivity index (χ0) is 18.6. The molecule has 6 heteroatoms. The van der Waals surface area contributed by atoms with Crippen LogP contribution in [0.2, 0.25) is 0 Å². The van der Waals surface area contributed by atoms with Crippen molar-refractivity contribution in [3.8, 4) is 17.0 Å². The van der Waals surface area contributed by atoms with E-state index in [1.807, 2.05) is 60.7 Å². The van der Waals surface area contributed by atoms with Crippen LogP contribution in [0.4, 0.5) is 5.82 Å². The van der Waals surface area contributed by atoms with E-state index < -0.39 is 0 Å². The minimum atomic E-state index is -0.256. The van der Waals surface area contributed by atoms with Gasteiger partial charge in [-0.3, -0.25) is 0 Å². The lowest BCUT2D eigenvalue weighted by molar-refractivity contribution is 0.276. The average Bonchev–Trinajstić information content (AvgIpc) is 3.17. The molecule has 0 fully saturated rings. The highest BCUT2D eigenvalue weighted by Gasteiger charge is 2.16. The number of rotatable bonds is 6. The van der Waals surface area contributed by atoms with Crippen molar-refractivity contribution in [2.75, 3.05) is 19.0 Å². The predicted octanol–water partition coefficient (Wildman–Crippen LogP) is 3.78. The van der Waals surface area contributed by atoms with Gasteiger partial charge in [-0.1, -0.05) is 42.5 Å². The molecule has 2 aromatic heterocycles. The molecule has 0 saturated heterocycles. The maximum Gasteiger partial charge on any atom is 0.143 e. The summed E-state index contributed by atoms with van der Waals surface area (Å²) in [5.41, 5.74) is 3.56. The maximum absolute atomic E-state index is 9.83. The number of nitrogens with one attached hydrogen (secondary N) is 2. The summed E-state index contributed by atoms with van der Waals surface area (Å²) in [5, 5.41) is 14.0. The zero-order valence-corrected chi connectivity index (χ0v) is 14.9. The summed E-state index contributed by atoms with van der Waals surface area (Å²) in [6, 6.07) is 19.3. The van der Waals surface area contributed by atoms with Crippen LogP contribution < -0.4 is 10.1 Å². The molecule has 136 valence electrons. The second kappa shape index (κ2) is 7.47. The Bertz CT molecular complexity index is 1050. The van der Waals surface area contributed by atoms with E-state index in [2.05, 4.69) is 20.3 Å². The van der Waals surface area contributed by atoms with E-state index in [-0.39, 0.29) is 12.6 Å². The first kappa shape index (κ1) is 17.1. The fraction of sp³-hybridized carbons (Fsp3) is 0.143. The summed E-state index contributed by atoms with van der Waals surface area (Å²) in [6.45, 7) is -0.0424. The van der Waals surface area contributed by atoms with Gasteiger partial charge < -0.3 is 20.1 Å². The first-order valence-electron chi connectivity index (χ1n) is 8.69. The van der Waals surface area contributed by atoms with Crippen LogP contribution in [0.3, 0.4) is 0 Å². The summed E-state index contributed by atoms with van der Waals surface area (Å²) < 4.78 is 5.46. The molecular weight excluding hydrogens is 340 g/mol. The van der Waals surface area contributed by atoms with E-state index in [4.69, 9.17) is 4.74 Å². The summed E-state index contributed by atoms with van der Waals surface area (Å²) >= 11 is 0. The van der Waals surface area contributed by atoms with E-state index >= 15 is 0 Å². The lowest BCUT2D eigenvalue weighted by Crippen LogP contribution is -2.15. The standard InChI is InChI=1S/C21H20N4O2/c1-27-19-10-6-5-9-15(19)17-11-16-20(24-17)22-13-23-21(16)25-18(12-26)14-7-3-2-4-8-14/h2-11,13,18,26H,12H2,1H3,(H2,22,23,24,25)/t18-/m1/s1. The van der Waals surface area contributed by atoms with Gasteiger partial charge in [-0.05, 0) is 23.8 Å². The number of aliphatic hydroxyl groups is 1. The molecular formula is C21H20N4O2. The number of H-pyrrole nitrogens is 1. The minimum absolute atomic E-state index is 0.0424. The molecule has 2 heterocycles. The lowest BCUT2D eigenvalue weighted by Gasteiger charge is -2.17. The van der Waals surface area contributed by atoms with Crippen LogP contribution in [-0.2, 0) is 0 Å². The molecule has 0 aliphatic carbocycles. The molecule has 0 spiro atoms. The molecule has 3 N–H and O–H groups in total. The SMILES string of the molecule is COc1ccccc1-c1cc2c(N[C@H](CO)c3ccccc3)ncnc2[nH]1. The normalized spacial score (nSPS) is 12.1. The largest absolute Gasteiger partial charge is 0.496 e. The van der Waals surface area contributed by atoms with Crippen LogP contribution in [0.25, 0.3) is 22.3 Å². The average molecular weight is 360 g/mol. The Morgan fingerprint density at radius 1 is 1.07 bits per heavy atom. The highest BCUT2D eigenvalue weighted by molar-refractivity contribution is 5.92. The Kier molecular flexibility index (Phi) is 4.72. The smallest absolute Gasteiger partial charge is 0.143 e. The minimum Gasteiger partial charge on any atom is -0.496 e. The van der Waals surface area contributed by atoms with Crippen molar-refractivity contribution in [2.45, 2.75) is 6.04 Å². The van der Waals surface area contributed by atoms with Crippen molar-refractivity contribution >= 4 is 16.9 Å². The van der Waals surface area contributed by atoms with Gasteiger partial charge in [0.15, 0.2) is 0 Å². The third kappa shape index (κ3) is 3.35. The number of aliphatic hydroxyl groups excluding tert-OH is 1. The Hall–Kier alpha value is -3.38. The van der Waals surface area contributed by atoms with E-state index in [1.165, 1.54) is 6.33 Å². The highest BCUT2D eigenvalue weighted by atomic mass is 16.5. The molecule has 0 aliphatic rings. The number of anilines is 1. The number of hydrogen-bond donors (Lipinski definition) is 3. The third-order valence-corrected chi connectivity index (χ3v) is 4.52. The van der Waals surface area contributed by atoms with Gasteiger partial charge >= 0.3 is 0 Å². The second-order valence-corrected chi connectivity index (χ2v) is 6.16. The van der Waals surface area contributed by atoms with Crippen LogP contribution in [0.15, 0.2) is 67.0 Å². The maximum atomic E-state index is 9.83. The predicted molar refractivity (Wildman–Crippen MR) is 106 cm³/mol. The Morgan fingerprint density at radius 3 is 2.63 bits per heavy atom. The molecule has 0 amide bonds. The van der Waals surface area contributed by atoms with Gasteiger partial charge in [0, 0.05) is 5.56 Å². The van der Waals surface area contributed by atoms with Gasteiger partial charge in [0.1, 0.15) is 23.5 Å². The first-order chi connectivity index (χ1) is 13.3. The van der Waals surface area contributed by atoms with Crippen LogP contribution in [0.1, 0.15) is 11.6 Å². The van der Waals surface area contributed by atoms with Gasteiger partial charge in [-0.2, -0.15) is 0 Å². The number of ether oxygens (including phenoxy) is 1. The van der Waals surface area contributed by atoms with Crippen molar-refractivity contribution in [3.63, 3.8) is 0 Å². The van der Waals surface area contributed by atoms with Crippen molar-refractivity contribution in [1.29, 1.82) is 0 Å². The van der Waals surface area contributed by atoms with Crippen molar-refractivity contribution in [2.24, 2.45) is 0 Å². The summed E-state index contributed by atoms with van der Waals surface area (Å²) in [5.74, 6) is 1.45. The zero-order valence-electron chi connectivity index (χ0n) is 14.9. The lowest BCUT2D eigenvalue weighted by atomic mass is 10.1. The fourth-order valence-electron chi connectivity index (χ4n) is 3.15. The molecule has 4 aromatic rings. The van der Waals surface area contributed by atoms with Crippen LogP contribution in [0.5, 0.6) is 5.75 Å². The van der Waals surface area contributed by atoms with Crippen molar-refractivity contribution in [1.82, 2.24) is 15.0 Å². The molecule has 0 saturated carbocycles. The molecule has 0 unspecified atom stereocenters. The van der Waals surface area contributed by atoms with Gasteiger partial charge in [-0.15, -0.1) is 0 Å². The number of aromatic nitrogens is 3. The Balaban J connectivity index is 1.73. The molecule has 2 aromatic carbocycles. The topological polar surface area (TPSA) is 83.1 Å². The quantitative estimate of drug-likeness (QED) is 0.487. The monoisotopic (exact) mass is 360 g/mol. The van der Waals surface area contributed by atoms with Crippen LogP contribution in [0, 0.1) is 0 Å². The van der Waals surface area contributed by atoms with E-state index in [0.717, 1.165) is 33.6 Å². The number of hydrogen-bond acceptors (Lipinski definition) is 5. The Labute approximate surface area is 156 Å². The summed E-state index contributed by atoms with van der Waals surface area (Å²) in [4.78, 5) is 12.0. The van der Waals surface area contributed by atoms with Crippen LogP contribution in [-0.4, -0.2) is 33.8 Å². The van der Waals surface area contributed by atoms with Gasteiger partial charge in [-0.25, -0.2) is 9.97 Å². The fourth-order valence-corrected chi connectivity index (χ4v) is 3.15. The molecule has 0 bridgehead atoms. The van der Waals surface area contributed by atoms with Gasteiger partial charge in [0.05, 0.1) is 30.8 Å². The van der Waals surface area contributed by atoms with Crippen molar-refractivity contribution in [3.05, 3.63) is 72.6 Å². The van der Waals surface area contributed by atoms with Gasteiger partial charge in [0.2, 0.25) is 0 Å². The molecule has 6 nitrogen and oxygen atoms in total. The third-order valence-electron chi connectivity index (χ3n) is 4.52. The summed E-state index contributed by atoms with van der Waals surface area (Å²) in [7, 11) is 1.65. The van der Waals surface area contributed by atoms with Crippen LogP contribution >= 0.6 is 0 Å². The number of nitrogens with zero attached hydrogens (tertiary/aromatic N) is 2. The van der Waals surface area contributed by atoms with E-state index in [1.54, 1.807) is 7.11 Å². The molecule has 1 atom stereocenters. The molecule has 27 heavy (non-hydrogen) atoms. The number of fused-ring (bicyclic) bond motifs is 1. The first-order valence-corrected chi connectivity index (χ1v) is 8.69. The van der Waals surface area contributed by atoms with E-state index in [0.29, 0.717) is 5.82 Å². The van der Waals surface area contributed by atoms with E-state index in [9.17, 15) is 5.11 Å². The number of benzene rings is 2. The second-order valence-electron chi connectivity index (χ2n) is 6.16.